The van der Waals surface area contributed by atoms with Crippen LogP contribution >= 0.6 is 0 Å². The quantitative estimate of drug-likeness (QED) is 0.893. The van der Waals surface area contributed by atoms with Crippen molar-refractivity contribution in [1.29, 1.82) is 0 Å². The molecule has 0 aliphatic carbocycles. The zero-order valence-electron chi connectivity index (χ0n) is 10.7. The third-order valence-electron chi connectivity index (χ3n) is 2.48. The third kappa shape index (κ3) is 2.58. The summed E-state index contributed by atoms with van der Waals surface area (Å²) in [6.07, 6.45) is 4.85. The SMILES string of the molecule is CC(C)(C)n1ccnc(NCc2ccno2)c1=O. The topological polar surface area (TPSA) is 73.0 Å². The second kappa shape index (κ2) is 4.64. The molecule has 0 amide bonds. The van der Waals surface area contributed by atoms with Crippen LogP contribution in [0.25, 0.3) is 0 Å². The van der Waals surface area contributed by atoms with E-state index in [1.54, 1.807) is 29.2 Å². The molecule has 0 unspecified atom stereocenters. The third-order valence-corrected chi connectivity index (χ3v) is 2.48. The van der Waals surface area contributed by atoms with Gasteiger partial charge in [0.2, 0.25) is 0 Å². The number of nitrogens with one attached hydrogen (secondary N) is 1. The van der Waals surface area contributed by atoms with Gasteiger partial charge in [-0.05, 0) is 20.8 Å². The van der Waals surface area contributed by atoms with Gasteiger partial charge in [0.25, 0.3) is 5.56 Å². The van der Waals surface area contributed by atoms with Crippen molar-refractivity contribution in [1.82, 2.24) is 14.7 Å². The fraction of sp³-hybridized carbons (Fsp3) is 0.417. The smallest absolute Gasteiger partial charge is 0.293 e. The molecule has 0 aromatic carbocycles. The number of nitrogens with zero attached hydrogens (tertiary/aromatic N) is 3. The summed E-state index contributed by atoms with van der Waals surface area (Å²) < 4.78 is 6.59. The first-order valence-electron chi connectivity index (χ1n) is 5.70. The van der Waals surface area contributed by atoms with Crippen LogP contribution in [-0.4, -0.2) is 14.7 Å². The van der Waals surface area contributed by atoms with E-state index in [4.69, 9.17) is 4.52 Å². The summed E-state index contributed by atoms with van der Waals surface area (Å²) in [5, 5.41) is 6.54. The second-order valence-electron chi connectivity index (χ2n) is 4.95. The van der Waals surface area contributed by atoms with Crippen molar-refractivity contribution in [3.05, 3.63) is 40.8 Å². The lowest BCUT2D eigenvalue weighted by Gasteiger charge is -2.22. The fourth-order valence-corrected chi connectivity index (χ4v) is 1.57. The summed E-state index contributed by atoms with van der Waals surface area (Å²) in [6, 6.07) is 1.73. The maximum atomic E-state index is 12.2. The highest BCUT2D eigenvalue weighted by Crippen LogP contribution is 2.11. The van der Waals surface area contributed by atoms with Crippen LogP contribution in [0.3, 0.4) is 0 Å². The van der Waals surface area contributed by atoms with Gasteiger partial charge in [-0.3, -0.25) is 4.79 Å². The molecule has 0 bridgehead atoms. The monoisotopic (exact) mass is 248 g/mol. The number of rotatable bonds is 3. The van der Waals surface area contributed by atoms with Crippen LogP contribution in [0.4, 0.5) is 5.82 Å². The van der Waals surface area contributed by atoms with Crippen LogP contribution in [0.2, 0.25) is 0 Å². The lowest BCUT2D eigenvalue weighted by Crippen LogP contribution is -2.35. The van der Waals surface area contributed by atoms with Gasteiger partial charge in [-0.25, -0.2) is 4.98 Å². The Hall–Kier alpha value is -2.11. The lowest BCUT2D eigenvalue weighted by molar-refractivity contribution is 0.381. The van der Waals surface area contributed by atoms with E-state index in [2.05, 4.69) is 15.5 Å². The Labute approximate surface area is 105 Å². The normalized spacial score (nSPS) is 11.5. The molecule has 18 heavy (non-hydrogen) atoms. The van der Waals surface area contributed by atoms with E-state index in [-0.39, 0.29) is 11.1 Å². The Morgan fingerprint density at radius 1 is 1.39 bits per heavy atom. The molecule has 2 heterocycles. The molecule has 0 aliphatic heterocycles. The molecular formula is C12H16N4O2. The van der Waals surface area contributed by atoms with Crippen molar-refractivity contribution in [2.45, 2.75) is 32.9 Å². The van der Waals surface area contributed by atoms with Gasteiger partial charge in [-0.1, -0.05) is 5.16 Å². The molecule has 0 spiro atoms. The highest BCUT2D eigenvalue weighted by molar-refractivity contribution is 5.31. The van der Waals surface area contributed by atoms with E-state index < -0.39 is 0 Å². The zero-order valence-corrected chi connectivity index (χ0v) is 10.7. The Morgan fingerprint density at radius 3 is 2.78 bits per heavy atom. The molecule has 2 aromatic heterocycles. The van der Waals surface area contributed by atoms with Gasteiger partial charge in [0, 0.05) is 24.0 Å². The summed E-state index contributed by atoms with van der Waals surface area (Å²) in [5.74, 6) is 0.964. The average molecular weight is 248 g/mol. The summed E-state index contributed by atoms with van der Waals surface area (Å²) in [4.78, 5) is 16.2. The largest absolute Gasteiger partial charge is 0.360 e. The molecule has 0 atom stereocenters. The first kappa shape index (κ1) is 12.3. The Morgan fingerprint density at radius 2 is 2.17 bits per heavy atom. The van der Waals surface area contributed by atoms with Gasteiger partial charge >= 0.3 is 0 Å². The summed E-state index contributed by atoms with van der Waals surface area (Å²) >= 11 is 0. The van der Waals surface area contributed by atoms with Crippen molar-refractivity contribution < 1.29 is 4.52 Å². The molecule has 6 heteroatoms. The first-order valence-corrected chi connectivity index (χ1v) is 5.70. The van der Waals surface area contributed by atoms with Crippen LogP contribution in [0.5, 0.6) is 0 Å². The molecule has 6 nitrogen and oxygen atoms in total. The Bertz CT molecular complexity index is 567. The van der Waals surface area contributed by atoms with Gasteiger partial charge in [-0.2, -0.15) is 0 Å². The molecule has 0 saturated heterocycles. The predicted molar refractivity (Wildman–Crippen MR) is 67.3 cm³/mol. The minimum absolute atomic E-state index is 0.149. The highest BCUT2D eigenvalue weighted by atomic mass is 16.5. The van der Waals surface area contributed by atoms with Crippen LogP contribution < -0.4 is 10.9 Å². The fourth-order valence-electron chi connectivity index (χ4n) is 1.57. The van der Waals surface area contributed by atoms with Gasteiger partial charge in [0.05, 0.1) is 12.7 Å². The van der Waals surface area contributed by atoms with Crippen LogP contribution in [0.1, 0.15) is 26.5 Å². The molecule has 1 N–H and O–H groups in total. The van der Waals surface area contributed by atoms with Crippen molar-refractivity contribution in [3.63, 3.8) is 0 Å². The minimum atomic E-state index is -0.275. The van der Waals surface area contributed by atoms with Gasteiger partial charge in [-0.15, -0.1) is 0 Å². The van der Waals surface area contributed by atoms with Crippen molar-refractivity contribution in [2.75, 3.05) is 5.32 Å². The second-order valence-corrected chi connectivity index (χ2v) is 4.95. The number of hydrogen-bond acceptors (Lipinski definition) is 5. The summed E-state index contributed by atoms with van der Waals surface area (Å²) in [6.45, 7) is 6.29. The van der Waals surface area contributed by atoms with E-state index >= 15 is 0 Å². The number of aromatic nitrogens is 3. The molecule has 0 radical (unpaired) electrons. The molecule has 0 saturated carbocycles. The number of anilines is 1. The first-order chi connectivity index (χ1) is 8.48. The van der Waals surface area contributed by atoms with Crippen molar-refractivity contribution in [3.8, 4) is 0 Å². The molecule has 2 rings (SSSR count). The van der Waals surface area contributed by atoms with Gasteiger partial charge in [0.1, 0.15) is 0 Å². The van der Waals surface area contributed by atoms with Gasteiger partial charge < -0.3 is 14.4 Å². The minimum Gasteiger partial charge on any atom is -0.360 e. The van der Waals surface area contributed by atoms with E-state index in [1.807, 2.05) is 20.8 Å². The average Bonchev–Trinajstić information content (AvgIpc) is 2.79. The van der Waals surface area contributed by atoms with E-state index in [0.29, 0.717) is 18.1 Å². The van der Waals surface area contributed by atoms with Crippen LogP contribution in [0, 0.1) is 0 Å². The van der Waals surface area contributed by atoms with E-state index in [1.165, 1.54) is 0 Å². The number of hydrogen-bond donors (Lipinski definition) is 1. The Balaban J connectivity index is 2.22. The van der Waals surface area contributed by atoms with E-state index in [9.17, 15) is 4.79 Å². The van der Waals surface area contributed by atoms with Crippen LogP contribution in [0.15, 0.2) is 34.0 Å². The maximum absolute atomic E-state index is 12.2. The summed E-state index contributed by atoms with van der Waals surface area (Å²) in [7, 11) is 0. The van der Waals surface area contributed by atoms with E-state index in [0.717, 1.165) is 0 Å². The summed E-state index contributed by atoms with van der Waals surface area (Å²) in [5.41, 5.74) is -0.424. The van der Waals surface area contributed by atoms with Gasteiger partial charge in [0.15, 0.2) is 11.6 Å². The standard InChI is InChI=1S/C12H16N4O2/c1-12(2,3)16-7-6-13-10(11(16)17)14-8-9-4-5-15-18-9/h4-7H,8H2,1-3H3,(H,13,14). The zero-order chi connectivity index (χ0) is 13.2. The molecule has 2 aromatic rings. The van der Waals surface area contributed by atoms with Crippen LogP contribution in [-0.2, 0) is 12.1 Å². The maximum Gasteiger partial charge on any atom is 0.293 e. The highest BCUT2D eigenvalue weighted by Gasteiger charge is 2.16. The Kier molecular flexibility index (Phi) is 3.18. The molecule has 0 fully saturated rings. The van der Waals surface area contributed by atoms with Crippen molar-refractivity contribution in [2.24, 2.45) is 0 Å². The molecule has 0 aliphatic rings. The molecule has 96 valence electrons. The lowest BCUT2D eigenvalue weighted by atomic mass is 10.1. The van der Waals surface area contributed by atoms with Crippen molar-refractivity contribution >= 4 is 5.82 Å². The predicted octanol–water partition coefficient (Wildman–Crippen LogP) is 1.60. The molecular weight excluding hydrogens is 232 g/mol.